The van der Waals surface area contributed by atoms with Gasteiger partial charge >= 0.3 is 0 Å². The van der Waals surface area contributed by atoms with E-state index >= 15 is 0 Å². The van der Waals surface area contributed by atoms with Gasteiger partial charge in [0.1, 0.15) is 5.82 Å². The van der Waals surface area contributed by atoms with Crippen molar-refractivity contribution in [1.29, 1.82) is 0 Å². The molecule has 0 aliphatic rings. The van der Waals surface area contributed by atoms with Crippen molar-refractivity contribution in [3.63, 3.8) is 0 Å². The van der Waals surface area contributed by atoms with Gasteiger partial charge in [0.05, 0.1) is 11.4 Å². The van der Waals surface area contributed by atoms with Gasteiger partial charge in [0.25, 0.3) is 0 Å². The molecule has 0 bridgehead atoms. The van der Waals surface area contributed by atoms with Crippen LogP contribution in [0.25, 0.3) is 0 Å². The third kappa shape index (κ3) is 2.47. The van der Waals surface area contributed by atoms with Crippen LogP contribution in [0.15, 0.2) is 0 Å². The summed E-state index contributed by atoms with van der Waals surface area (Å²) < 4.78 is 1.76. The van der Waals surface area contributed by atoms with Crippen molar-refractivity contribution in [2.75, 3.05) is 17.7 Å². The highest BCUT2D eigenvalue weighted by molar-refractivity contribution is 5.65. The summed E-state index contributed by atoms with van der Waals surface area (Å²) in [5, 5.41) is 16.7. The molecule has 0 radical (unpaired) electrons. The van der Waals surface area contributed by atoms with E-state index in [1.807, 2.05) is 27.8 Å². The topological polar surface area (TPSA) is 76.1 Å². The zero-order valence-electron chi connectivity index (χ0n) is 10.5. The lowest BCUT2D eigenvalue weighted by molar-refractivity contribution is 0.226. The van der Waals surface area contributed by atoms with E-state index in [2.05, 4.69) is 10.4 Å². The highest BCUT2D eigenvalue weighted by Crippen LogP contribution is 2.24. The molecule has 16 heavy (non-hydrogen) atoms. The van der Waals surface area contributed by atoms with Gasteiger partial charge in [0.2, 0.25) is 0 Å². The van der Waals surface area contributed by atoms with Crippen LogP contribution in [0.2, 0.25) is 0 Å². The predicted octanol–water partition coefficient (Wildman–Crippen LogP) is 0.993. The number of aryl methyl sites for hydroxylation is 2. The first-order valence-electron chi connectivity index (χ1n) is 5.69. The fourth-order valence-corrected chi connectivity index (χ4v) is 1.54. The molecule has 0 saturated carbocycles. The van der Waals surface area contributed by atoms with Crippen LogP contribution in [-0.2, 0) is 13.5 Å². The van der Waals surface area contributed by atoms with Crippen LogP contribution < -0.4 is 11.1 Å². The molecule has 5 heteroatoms. The second-order valence-corrected chi connectivity index (χ2v) is 4.28. The molecule has 2 unspecified atom stereocenters. The second-order valence-electron chi connectivity index (χ2n) is 4.28. The van der Waals surface area contributed by atoms with E-state index in [0.717, 1.165) is 17.9 Å². The van der Waals surface area contributed by atoms with E-state index < -0.39 is 0 Å². The summed E-state index contributed by atoms with van der Waals surface area (Å²) in [5.41, 5.74) is 7.62. The first-order chi connectivity index (χ1) is 7.51. The minimum absolute atomic E-state index is 0.159. The molecular weight excluding hydrogens is 204 g/mol. The standard InChI is InChI=1S/C11H22N4O/c1-5-9-10(12)11(15(4)14-9)13-8(3)7(2)6-16/h7-8,13,16H,5-6,12H2,1-4H3. The van der Waals surface area contributed by atoms with Crippen molar-refractivity contribution in [2.24, 2.45) is 13.0 Å². The molecule has 4 N–H and O–H groups in total. The summed E-state index contributed by atoms with van der Waals surface area (Å²) in [4.78, 5) is 0. The lowest BCUT2D eigenvalue weighted by Gasteiger charge is -2.20. The van der Waals surface area contributed by atoms with E-state index in [1.165, 1.54) is 0 Å². The maximum absolute atomic E-state index is 9.08. The highest BCUT2D eigenvalue weighted by Gasteiger charge is 2.16. The Morgan fingerprint density at radius 2 is 2.12 bits per heavy atom. The first-order valence-corrected chi connectivity index (χ1v) is 5.69. The number of nitrogens with zero attached hydrogens (tertiary/aromatic N) is 2. The molecule has 5 nitrogen and oxygen atoms in total. The number of nitrogens with two attached hydrogens (primary N) is 1. The normalized spacial score (nSPS) is 14.8. The van der Waals surface area contributed by atoms with Crippen LogP contribution in [0, 0.1) is 5.92 Å². The third-order valence-corrected chi connectivity index (χ3v) is 3.00. The van der Waals surface area contributed by atoms with E-state index in [-0.39, 0.29) is 18.6 Å². The molecule has 92 valence electrons. The van der Waals surface area contributed by atoms with Crippen LogP contribution in [0.5, 0.6) is 0 Å². The molecule has 1 heterocycles. The minimum Gasteiger partial charge on any atom is -0.396 e. The third-order valence-electron chi connectivity index (χ3n) is 3.00. The number of nitrogens with one attached hydrogen (secondary N) is 1. The summed E-state index contributed by atoms with van der Waals surface area (Å²) >= 11 is 0. The Bertz CT molecular complexity index is 348. The molecule has 2 atom stereocenters. The molecule has 1 aromatic heterocycles. The Labute approximate surface area is 96.6 Å². The number of aliphatic hydroxyl groups excluding tert-OH is 1. The maximum Gasteiger partial charge on any atom is 0.147 e. The van der Waals surface area contributed by atoms with Crippen molar-refractivity contribution in [3.8, 4) is 0 Å². The van der Waals surface area contributed by atoms with E-state index in [1.54, 1.807) is 4.68 Å². The van der Waals surface area contributed by atoms with Gasteiger partial charge in [-0.1, -0.05) is 13.8 Å². The van der Waals surface area contributed by atoms with Crippen molar-refractivity contribution in [3.05, 3.63) is 5.69 Å². The number of nitrogen functional groups attached to an aromatic ring is 1. The SMILES string of the molecule is CCc1nn(C)c(NC(C)C(C)CO)c1N. The van der Waals surface area contributed by atoms with Gasteiger partial charge in [0, 0.05) is 19.7 Å². The van der Waals surface area contributed by atoms with Crippen molar-refractivity contribution in [2.45, 2.75) is 33.2 Å². The van der Waals surface area contributed by atoms with E-state index in [4.69, 9.17) is 10.8 Å². The quantitative estimate of drug-likeness (QED) is 0.700. The number of rotatable bonds is 5. The fourth-order valence-electron chi connectivity index (χ4n) is 1.54. The lowest BCUT2D eigenvalue weighted by Crippen LogP contribution is -2.27. The van der Waals surface area contributed by atoms with Crippen LogP contribution in [0.1, 0.15) is 26.5 Å². The predicted molar refractivity (Wildman–Crippen MR) is 66.3 cm³/mol. The Kier molecular flexibility index (Phi) is 4.18. The van der Waals surface area contributed by atoms with Gasteiger partial charge in [-0.05, 0) is 19.3 Å². The highest BCUT2D eigenvalue weighted by atomic mass is 16.3. The Morgan fingerprint density at radius 3 is 2.56 bits per heavy atom. The smallest absolute Gasteiger partial charge is 0.147 e. The van der Waals surface area contributed by atoms with Crippen LogP contribution in [0.3, 0.4) is 0 Å². The molecule has 0 saturated heterocycles. The van der Waals surface area contributed by atoms with Crippen molar-refractivity contribution in [1.82, 2.24) is 9.78 Å². The van der Waals surface area contributed by atoms with Gasteiger partial charge < -0.3 is 16.2 Å². The van der Waals surface area contributed by atoms with Gasteiger partial charge in [-0.3, -0.25) is 4.68 Å². The van der Waals surface area contributed by atoms with Crippen molar-refractivity contribution >= 4 is 11.5 Å². The number of aliphatic hydroxyl groups is 1. The van der Waals surface area contributed by atoms with Gasteiger partial charge in [0.15, 0.2) is 0 Å². The van der Waals surface area contributed by atoms with Gasteiger partial charge in [-0.15, -0.1) is 0 Å². The monoisotopic (exact) mass is 226 g/mol. The molecule has 0 aromatic carbocycles. The molecule has 0 aliphatic heterocycles. The zero-order valence-corrected chi connectivity index (χ0v) is 10.5. The van der Waals surface area contributed by atoms with E-state index in [0.29, 0.717) is 5.69 Å². The molecule has 0 fully saturated rings. The summed E-state index contributed by atoms with van der Waals surface area (Å²) in [5.74, 6) is 1.02. The maximum atomic E-state index is 9.08. The average Bonchev–Trinajstić information content (AvgIpc) is 2.55. The Hall–Kier alpha value is -1.23. The Morgan fingerprint density at radius 1 is 1.50 bits per heavy atom. The summed E-state index contributed by atoms with van der Waals surface area (Å²) in [7, 11) is 1.87. The van der Waals surface area contributed by atoms with Crippen molar-refractivity contribution < 1.29 is 5.11 Å². The van der Waals surface area contributed by atoms with Crippen LogP contribution in [0.4, 0.5) is 11.5 Å². The molecule has 0 amide bonds. The first kappa shape index (κ1) is 12.8. The number of hydrogen-bond acceptors (Lipinski definition) is 4. The largest absolute Gasteiger partial charge is 0.396 e. The summed E-state index contributed by atoms with van der Waals surface area (Å²) in [6.07, 6.45) is 0.825. The average molecular weight is 226 g/mol. The van der Waals surface area contributed by atoms with Gasteiger partial charge in [-0.2, -0.15) is 5.10 Å². The fraction of sp³-hybridized carbons (Fsp3) is 0.727. The van der Waals surface area contributed by atoms with Crippen LogP contribution >= 0.6 is 0 Å². The summed E-state index contributed by atoms with van der Waals surface area (Å²) in [6.45, 7) is 6.21. The number of anilines is 2. The molecule has 1 aromatic rings. The van der Waals surface area contributed by atoms with E-state index in [9.17, 15) is 0 Å². The zero-order chi connectivity index (χ0) is 12.3. The van der Waals surface area contributed by atoms with Crippen LogP contribution in [-0.4, -0.2) is 27.5 Å². The lowest BCUT2D eigenvalue weighted by atomic mass is 10.1. The number of aromatic nitrogens is 2. The second kappa shape index (κ2) is 5.21. The summed E-state index contributed by atoms with van der Waals surface area (Å²) in [6, 6.07) is 0.160. The molecular formula is C11H22N4O. The molecule has 1 rings (SSSR count). The van der Waals surface area contributed by atoms with Gasteiger partial charge in [-0.25, -0.2) is 0 Å². The Balaban J connectivity index is 2.84. The molecule has 0 spiro atoms. The molecule has 0 aliphatic carbocycles. The number of hydrogen-bond donors (Lipinski definition) is 3. The minimum atomic E-state index is 0.159.